The molecule has 0 bridgehead atoms. The molecule has 2 heterocycles. The van der Waals surface area contributed by atoms with E-state index in [4.69, 9.17) is 56.8 Å². The summed E-state index contributed by atoms with van der Waals surface area (Å²) in [6, 6.07) is 19.2. The molecule has 74 heavy (non-hydrogen) atoms. The van der Waals surface area contributed by atoms with Crippen molar-refractivity contribution in [2.75, 3.05) is 110 Å². The third-order valence-corrected chi connectivity index (χ3v) is 14.7. The molecule has 2 aliphatic heterocycles. The summed E-state index contributed by atoms with van der Waals surface area (Å²) < 4.78 is 68.0. The van der Waals surface area contributed by atoms with Crippen LogP contribution in [0.5, 0.6) is 46.0 Å². The SMILES string of the molecule is COc1ccc(CC2c3cc(OC)c(OC)cc3CC[N+]2(C)CC(OC=O)C(=O)OCCCCCCOC(=O)C(C[N+]2(C)CCc3cc(OC)c(OC)cc3C2Cc2ccc(OC)c(OC)c2)OC=O)cc1OC. The fourth-order valence-electron chi connectivity index (χ4n) is 10.5. The zero-order valence-corrected chi connectivity index (χ0v) is 44.6. The van der Waals surface area contributed by atoms with E-state index in [2.05, 4.69) is 14.1 Å². The van der Waals surface area contributed by atoms with Gasteiger partial charge in [-0.25, -0.2) is 9.59 Å². The first-order chi connectivity index (χ1) is 35.7. The number of nitrogens with zero attached hydrogens (tertiary/aromatic N) is 2. The number of benzene rings is 4. The Morgan fingerprint density at radius 3 is 1.16 bits per heavy atom. The molecule has 0 radical (unpaired) electrons. The third kappa shape index (κ3) is 13.2. The van der Waals surface area contributed by atoms with E-state index >= 15 is 0 Å². The van der Waals surface area contributed by atoms with Crippen LogP contribution >= 0.6 is 0 Å². The van der Waals surface area contributed by atoms with E-state index in [1.165, 1.54) is 0 Å². The highest BCUT2D eigenvalue weighted by Gasteiger charge is 2.46. The standard InChI is InChI=1S/C56H74N2O16/c1-57(21-19-39-29-49(67-7)51(69-9)31-41(39)43(57)25-37-15-17-45(63-3)47(27-37)65-5)33-53(73-35-59)55(61)71-23-13-11-12-14-24-72-56(62)54(74-36-60)34-58(2)22-20-40-30-50(68-8)52(70-10)32-42(40)44(58)26-38-16-18-46(64-4)48(28-38)66-6/h15-18,27-32,35-36,43-44,53-54H,11-14,19-26,33-34H2,1-10H3/q+2. The number of quaternary nitrogens is 2. The average Bonchev–Trinajstić information content (AvgIpc) is 3.41. The van der Waals surface area contributed by atoms with Gasteiger partial charge in [-0.05, 0) is 96.5 Å². The van der Waals surface area contributed by atoms with E-state index in [1.807, 2.05) is 60.7 Å². The smallest absolute Gasteiger partial charge is 0.353 e. The molecule has 4 aromatic rings. The quantitative estimate of drug-likeness (QED) is 0.0183. The number of rotatable bonds is 29. The predicted octanol–water partition coefficient (Wildman–Crippen LogP) is 6.76. The Morgan fingerprint density at radius 1 is 0.486 bits per heavy atom. The van der Waals surface area contributed by atoms with Crippen LogP contribution in [0.2, 0.25) is 0 Å². The Hall–Kier alpha value is -6.92. The number of esters is 2. The molecule has 0 amide bonds. The molecule has 18 heteroatoms. The van der Waals surface area contributed by atoms with E-state index in [0.29, 0.717) is 132 Å². The van der Waals surface area contributed by atoms with Crippen molar-refractivity contribution in [3.05, 3.63) is 94.0 Å². The second-order valence-corrected chi connectivity index (χ2v) is 19.1. The van der Waals surface area contributed by atoms with Gasteiger partial charge >= 0.3 is 11.9 Å². The normalized spacial score (nSPS) is 19.5. The number of likely N-dealkylation sites (N-methyl/N-ethyl adjacent to an activating group) is 2. The summed E-state index contributed by atoms with van der Waals surface area (Å²) in [6.07, 6.45) is 2.55. The minimum Gasteiger partial charge on any atom is -0.493 e. The Kier molecular flexibility index (Phi) is 20.1. The number of unbranched alkanes of at least 4 members (excludes halogenated alkanes) is 3. The molecule has 0 fully saturated rings. The molecule has 6 unspecified atom stereocenters. The Labute approximate surface area is 434 Å². The summed E-state index contributed by atoms with van der Waals surface area (Å²) in [7, 11) is 16.9. The van der Waals surface area contributed by atoms with Crippen LogP contribution in [0.25, 0.3) is 0 Å². The third-order valence-electron chi connectivity index (χ3n) is 14.7. The van der Waals surface area contributed by atoms with Crippen LogP contribution in [0.1, 0.15) is 71.1 Å². The molecular formula is C56H74N2O16+2. The highest BCUT2D eigenvalue weighted by atomic mass is 16.6. The van der Waals surface area contributed by atoms with Gasteiger partial charge in [-0.15, -0.1) is 0 Å². The lowest BCUT2D eigenvalue weighted by molar-refractivity contribution is -0.943. The van der Waals surface area contributed by atoms with Gasteiger partial charge in [0.2, 0.25) is 12.2 Å². The molecule has 2 aliphatic rings. The number of carbonyl (C=O) groups excluding carboxylic acids is 4. The fourth-order valence-corrected chi connectivity index (χ4v) is 10.5. The Balaban J connectivity index is 1.05. The van der Waals surface area contributed by atoms with Gasteiger partial charge in [0.15, 0.2) is 46.0 Å². The molecule has 0 saturated carbocycles. The maximum atomic E-state index is 13.7. The predicted molar refractivity (Wildman–Crippen MR) is 273 cm³/mol. The van der Waals surface area contributed by atoms with Crippen molar-refractivity contribution in [3.63, 3.8) is 0 Å². The van der Waals surface area contributed by atoms with Crippen LogP contribution in [-0.2, 0) is 63.8 Å². The second-order valence-electron chi connectivity index (χ2n) is 19.1. The molecule has 18 nitrogen and oxygen atoms in total. The summed E-state index contributed by atoms with van der Waals surface area (Å²) in [5.41, 5.74) is 6.23. The lowest BCUT2D eigenvalue weighted by Gasteiger charge is -2.46. The van der Waals surface area contributed by atoms with E-state index in [9.17, 15) is 19.2 Å². The molecule has 0 spiro atoms. The van der Waals surface area contributed by atoms with Crippen LogP contribution in [0, 0.1) is 0 Å². The minimum atomic E-state index is -1.16. The molecule has 0 aliphatic carbocycles. The van der Waals surface area contributed by atoms with Gasteiger partial charge in [-0.1, -0.05) is 12.1 Å². The van der Waals surface area contributed by atoms with Crippen molar-refractivity contribution < 1.29 is 85.0 Å². The van der Waals surface area contributed by atoms with Crippen LogP contribution in [-0.4, -0.2) is 156 Å². The summed E-state index contributed by atoms with van der Waals surface area (Å²) in [6.45, 7) is 2.40. The second kappa shape index (κ2) is 26.3. The van der Waals surface area contributed by atoms with Gasteiger partial charge < -0.3 is 65.8 Å². The first-order valence-electron chi connectivity index (χ1n) is 24.9. The Morgan fingerprint density at radius 2 is 0.824 bits per heavy atom. The molecule has 6 rings (SSSR count). The number of fused-ring (bicyclic) bond motifs is 2. The number of carbonyl (C=O) groups is 4. The van der Waals surface area contributed by atoms with Gasteiger partial charge in [0.05, 0.1) is 97.3 Å². The number of hydrogen-bond acceptors (Lipinski definition) is 16. The van der Waals surface area contributed by atoms with Gasteiger partial charge in [-0.2, -0.15) is 0 Å². The zero-order valence-electron chi connectivity index (χ0n) is 44.6. The largest absolute Gasteiger partial charge is 0.493 e. The zero-order chi connectivity index (χ0) is 53.4. The average molecular weight is 1030 g/mol. The van der Waals surface area contributed by atoms with Crippen LogP contribution in [0.3, 0.4) is 0 Å². The van der Waals surface area contributed by atoms with Gasteiger partial charge in [0.25, 0.3) is 12.9 Å². The maximum Gasteiger partial charge on any atom is 0.353 e. The van der Waals surface area contributed by atoms with E-state index < -0.39 is 24.1 Å². The maximum absolute atomic E-state index is 13.7. The molecule has 6 atom stereocenters. The monoisotopic (exact) mass is 1030 g/mol. The summed E-state index contributed by atoms with van der Waals surface area (Å²) in [5.74, 6) is 3.58. The summed E-state index contributed by atoms with van der Waals surface area (Å²) in [5, 5.41) is 0. The molecule has 0 aromatic heterocycles. The van der Waals surface area contributed by atoms with Crippen molar-refractivity contribution in [1.82, 2.24) is 0 Å². The van der Waals surface area contributed by atoms with Crippen molar-refractivity contribution in [2.24, 2.45) is 0 Å². The van der Waals surface area contributed by atoms with E-state index in [1.54, 1.807) is 56.9 Å². The minimum absolute atomic E-state index is 0.105. The first kappa shape index (κ1) is 56.4. The molecule has 4 aromatic carbocycles. The van der Waals surface area contributed by atoms with Crippen molar-refractivity contribution >= 4 is 24.9 Å². The van der Waals surface area contributed by atoms with Crippen LogP contribution in [0.4, 0.5) is 0 Å². The van der Waals surface area contributed by atoms with Crippen molar-refractivity contribution in [1.29, 1.82) is 0 Å². The van der Waals surface area contributed by atoms with Crippen LogP contribution in [0.15, 0.2) is 60.7 Å². The van der Waals surface area contributed by atoms with E-state index in [0.717, 1.165) is 33.4 Å². The lowest BCUT2D eigenvalue weighted by atomic mass is 9.86. The van der Waals surface area contributed by atoms with Gasteiger partial charge in [0.1, 0.15) is 25.2 Å². The number of ether oxygens (including phenoxy) is 12. The number of methoxy groups -OCH3 is 8. The molecular weight excluding hydrogens is 957 g/mol. The lowest BCUT2D eigenvalue weighted by Crippen LogP contribution is -2.57. The van der Waals surface area contributed by atoms with Crippen LogP contribution < -0.4 is 37.9 Å². The topological polar surface area (TPSA) is 179 Å². The molecule has 0 saturated heterocycles. The van der Waals surface area contributed by atoms with Gasteiger partial charge in [-0.3, -0.25) is 9.59 Å². The van der Waals surface area contributed by atoms with Gasteiger partial charge in [0, 0.05) is 36.8 Å². The fraction of sp³-hybridized carbons (Fsp3) is 0.500. The van der Waals surface area contributed by atoms with Crippen molar-refractivity contribution in [3.8, 4) is 46.0 Å². The summed E-state index contributed by atoms with van der Waals surface area (Å²) in [4.78, 5) is 51.1. The molecule has 0 N–H and O–H groups in total. The highest BCUT2D eigenvalue weighted by Crippen LogP contribution is 2.45. The molecule has 402 valence electrons. The van der Waals surface area contributed by atoms with Crippen molar-refractivity contribution in [2.45, 2.75) is 75.7 Å². The Bertz CT molecular complexity index is 2380. The van der Waals surface area contributed by atoms with E-state index in [-0.39, 0.29) is 38.4 Å². The first-order valence-corrected chi connectivity index (χ1v) is 24.9. The highest BCUT2D eigenvalue weighted by molar-refractivity contribution is 5.76. The summed E-state index contributed by atoms with van der Waals surface area (Å²) >= 11 is 0. The number of hydrogen-bond donors (Lipinski definition) is 0.